The lowest BCUT2D eigenvalue weighted by atomic mass is 10.2. The van der Waals surface area contributed by atoms with E-state index in [-0.39, 0.29) is 6.79 Å². The number of nitrogens with one attached hydrogen (secondary N) is 1. The zero-order valence-electron chi connectivity index (χ0n) is 10.3. The first-order valence-corrected chi connectivity index (χ1v) is 6.43. The minimum Gasteiger partial charge on any atom is -0.454 e. The summed E-state index contributed by atoms with van der Waals surface area (Å²) >= 11 is 5.99. The Kier molecular flexibility index (Phi) is 2.31. The Morgan fingerprint density at radius 1 is 1.15 bits per heavy atom. The molecule has 6 heteroatoms. The molecule has 0 radical (unpaired) electrons. The number of rotatable bonds is 1. The predicted octanol–water partition coefficient (Wildman–Crippen LogP) is 3.19. The van der Waals surface area contributed by atoms with Gasteiger partial charge in [0.1, 0.15) is 11.3 Å². The number of nitrogens with two attached hydrogens (primary N) is 1. The summed E-state index contributed by atoms with van der Waals surface area (Å²) in [7, 11) is 0. The summed E-state index contributed by atoms with van der Waals surface area (Å²) in [6.45, 7) is 0.251. The SMILES string of the molecule is Nc1cc(Cl)cc2[nH]c(-c3ccc4c(c3)OCO4)nc12. The van der Waals surface area contributed by atoms with Crippen LogP contribution in [0.1, 0.15) is 0 Å². The number of anilines is 1. The molecule has 100 valence electrons. The Balaban J connectivity index is 1.88. The van der Waals surface area contributed by atoms with Crippen LogP contribution >= 0.6 is 11.6 Å². The van der Waals surface area contributed by atoms with Crippen LogP contribution in [-0.4, -0.2) is 16.8 Å². The third-order valence-corrected chi connectivity index (χ3v) is 3.45. The Morgan fingerprint density at radius 3 is 2.90 bits per heavy atom. The lowest BCUT2D eigenvalue weighted by Gasteiger charge is -1.99. The van der Waals surface area contributed by atoms with Gasteiger partial charge in [-0.2, -0.15) is 0 Å². The highest BCUT2D eigenvalue weighted by molar-refractivity contribution is 6.31. The molecule has 1 aliphatic rings. The highest BCUT2D eigenvalue weighted by atomic mass is 35.5. The van der Waals surface area contributed by atoms with Crippen LogP contribution in [-0.2, 0) is 0 Å². The van der Waals surface area contributed by atoms with E-state index in [2.05, 4.69) is 9.97 Å². The van der Waals surface area contributed by atoms with Crippen LogP contribution in [0.15, 0.2) is 30.3 Å². The molecule has 0 bridgehead atoms. The van der Waals surface area contributed by atoms with Crippen LogP contribution < -0.4 is 15.2 Å². The molecule has 0 saturated heterocycles. The first-order valence-electron chi connectivity index (χ1n) is 6.05. The van der Waals surface area contributed by atoms with Gasteiger partial charge in [-0.3, -0.25) is 0 Å². The number of nitrogens with zero attached hydrogens (tertiary/aromatic N) is 1. The largest absolute Gasteiger partial charge is 0.454 e. The molecule has 0 fully saturated rings. The average Bonchev–Trinajstić information content (AvgIpc) is 3.03. The molecule has 20 heavy (non-hydrogen) atoms. The number of aromatic amines is 1. The molecule has 2 aromatic carbocycles. The van der Waals surface area contributed by atoms with Gasteiger partial charge in [0, 0.05) is 10.6 Å². The maximum Gasteiger partial charge on any atom is 0.231 e. The summed E-state index contributed by atoms with van der Waals surface area (Å²) < 4.78 is 10.7. The average molecular weight is 288 g/mol. The Hall–Kier alpha value is -2.40. The second kappa shape index (κ2) is 4.05. The fourth-order valence-corrected chi connectivity index (χ4v) is 2.51. The lowest BCUT2D eigenvalue weighted by Crippen LogP contribution is -1.92. The highest BCUT2D eigenvalue weighted by Gasteiger charge is 2.16. The third kappa shape index (κ3) is 1.67. The number of nitrogen functional groups attached to an aromatic ring is 1. The molecule has 1 aliphatic heterocycles. The zero-order chi connectivity index (χ0) is 13.7. The predicted molar refractivity (Wildman–Crippen MR) is 77.1 cm³/mol. The van der Waals surface area contributed by atoms with Gasteiger partial charge in [-0.15, -0.1) is 0 Å². The Labute approximate surface area is 119 Å². The second-order valence-electron chi connectivity index (χ2n) is 4.54. The first-order chi connectivity index (χ1) is 9.70. The van der Waals surface area contributed by atoms with Crippen molar-refractivity contribution in [1.82, 2.24) is 9.97 Å². The van der Waals surface area contributed by atoms with Gasteiger partial charge in [-0.25, -0.2) is 4.98 Å². The highest BCUT2D eigenvalue weighted by Crippen LogP contribution is 2.36. The van der Waals surface area contributed by atoms with Crippen LogP contribution in [0.4, 0.5) is 5.69 Å². The number of ether oxygens (including phenoxy) is 2. The molecule has 5 nitrogen and oxygen atoms in total. The summed E-state index contributed by atoms with van der Waals surface area (Å²) in [6, 6.07) is 9.16. The van der Waals surface area contributed by atoms with E-state index in [4.69, 9.17) is 26.8 Å². The van der Waals surface area contributed by atoms with Gasteiger partial charge in [-0.05, 0) is 30.3 Å². The van der Waals surface area contributed by atoms with E-state index in [0.29, 0.717) is 27.8 Å². The van der Waals surface area contributed by atoms with Gasteiger partial charge >= 0.3 is 0 Å². The van der Waals surface area contributed by atoms with E-state index < -0.39 is 0 Å². The van der Waals surface area contributed by atoms with E-state index in [1.54, 1.807) is 12.1 Å². The van der Waals surface area contributed by atoms with Crippen molar-refractivity contribution >= 4 is 28.3 Å². The molecule has 0 atom stereocenters. The van der Waals surface area contributed by atoms with Crippen LogP contribution in [0.3, 0.4) is 0 Å². The summed E-state index contributed by atoms with van der Waals surface area (Å²) in [5, 5.41) is 0.580. The maximum absolute atomic E-state index is 5.99. The Morgan fingerprint density at radius 2 is 2.00 bits per heavy atom. The molecule has 1 aromatic heterocycles. The summed E-state index contributed by atoms with van der Waals surface area (Å²) in [6.07, 6.45) is 0. The molecule has 0 amide bonds. The zero-order valence-corrected chi connectivity index (χ0v) is 11.1. The second-order valence-corrected chi connectivity index (χ2v) is 4.98. The van der Waals surface area contributed by atoms with Crippen molar-refractivity contribution in [2.75, 3.05) is 12.5 Å². The van der Waals surface area contributed by atoms with E-state index in [1.165, 1.54) is 0 Å². The van der Waals surface area contributed by atoms with Gasteiger partial charge in [0.2, 0.25) is 6.79 Å². The van der Waals surface area contributed by atoms with Crippen molar-refractivity contribution in [3.05, 3.63) is 35.4 Å². The first kappa shape index (κ1) is 11.4. The summed E-state index contributed by atoms with van der Waals surface area (Å²) in [4.78, 5) is 7.73. The van der Waals surface area contributed by atoms with Crippen LogP contribution in [0.25, 0.3) is 22.4 Å². The molecule has 0 saturated carbocycles. The Bertz CT molecular complexity index is 829. The number of halogens is 1. The number of fused-ring (bicyclic) bond motifs is 2. The number of hydrogen-bond donors (Lipinski definition) is 2. The molecule has 0 unspecified atom stereocenters. The number of H-pyrrole nitrogens is 1. The van der Waals surface area contributed by atoms with Crippen LogP contribution in [0.2, 0.25) is 5.02 Å². The molecular formula is C14H10ClN3O2. The minimum absolute atomic E-state index is 0.251. The molecule has 2 heterocycles. The van der Waals surface area contributed by atoms with Crippen molar-refractivity contribution in [2.24, 2.45) is 0 Å². The molecule has 4 rings (SSSR count). The number of hydrogen-bond acceptors (Lipinski definition) is 4. The van der Waals surface area contributed by atoms with E-state index in [9.17, 15) is 0 Å². The van der Waals surface area contributed by atoms with Crippen molar-refractivity contribution in [2.45, 2.75) is 0 Å². The quantitative estimate of drug-likeness (QED) is 0.674. The van der Waals surface area contributed by atoms with Crippen molar-refractivity contribution in [3.8, 4) is 22.9 Å². The third-order valence-electron chi connectivity index (χ3n) is 3.23. The fraction of sp³-hybridized carbons (Fsp3) is 0.0714. The van der Waals surface area contributed by atoms with Crippen LogP contribution in [0.5, 0.6) is 11.5 Å². The smallest absolute Gasteiger partial charge is 0.231 e. The van der Waals surface area contributed by atoms with Crippen LogP contribution in [0, 0.1) is 0 Å². The molecule has 0 spiro atoms. The number of benzene rings is 2. The normalized spacial score (nSPS) is 13.1. The molecule has 3 N–H and O–H groups in total. The molecule has 0 aliphatic carbocycles. The number of imidazole rings is 1. The molecular weight excluding hydrogens is 278 g/mol. The molecule has 3 aromatic rings. The van der Waals surface area contributed by atoms with Gasteiger partial charge < -0.3 is 20.2 Å². The topological polar surface area (TPSA) is 73.2 Å². The summed E-state index contributed by atoms with van der Waals surface area (Å²) in [5.41, 5.74) is 8.90. The van der Waals surface area contributed by atoms with Gasteiger partial charge in [0.15, 0.2) is 11.5 Å². The van der Waals surface area contributed by atoms with Gasteiger partial charge in [0.25, 0.3) is 0 Å². The maximum atomic E-state index is 5.99. The van der Waals surface area contributed by atoms with Crippen molar-refractivity contribution in [3.63, 3.8) is 0 Å². The van der Waals surface area contributed by atoms with E-state index >= 15 is 0 Å². The van der Waals surface area contributed by atoms with Gasteiger partial charge in [0.05, 0.1) is 11.2 Å². The van der Waals surface area contributed by atoms with E-state index in [0.717, 1.165) is 16.8 Å². The lowest BCUT2D eigenvalue weighted by molar-refractivity contribution is 0.174. The van der Waals surface area contributed by atoms with Gasteiger partial charge in [-0.1, -0.05) is 11.6 Å². The monoisotopic (exact) mass is 287 g/mol. The summed E-state index contributed by atoms with van der Waals surface area (Å²) in [5.74, 6) is 2.17. The fourth-order valence-electron chi connectivity index (χ4n) is 2.29. The standard InChI is InChI=1S/C14H10ClN3O2/c15-8-4-9(16)13-10(5-8)17-14(18-13)7-1-2-11-12(3-7)20-6-19-11/h1-5H,6,16H2,(H,17,18). The number of aromatic nitrogens is 2. The van der Waals surface area contributed by atoms with Crippen molar-refractivity contribution in [1.29, 1.82) is 0 Å². The van der Waals surface area contributed by atoms with E-state index in [1.807, 2.05) is 18.2 Å². The minimum atomic E-state index is 0.251. The van der Waals surface area contributed by atoms with Crippen molar-refractivity contribution < 1.29 is 9.47 Å².